The molecule has 2 N–H and O–H groups in total. The number of rotatable bonds is 5. The lowest BCUT2D eigenvalue weighted by atomic mass is 9.97. The molecule has 0 aliphatic carbocycles. The maximum absolute atomic E-state index is 13.3. The number of fused-ring (bicyclic) bond motifs is 1. The number of amidine groups is 1. The molecule has 2 aliphatic heterocycles. The van der Waals surface area contributed by atoms with Crippen molar-refractivity contribution in [2.45, 2.75) is 50.1 Å². The summed E-state index contributed by atoms with van der Waals surface area (Å²) in [6.45, 7) is 4.62. The molecule has 1 aromatic rings. The lowest BCUT2D eigenvalue weighted by molar-refractivity contribution is -0.134. The smallest absolute Gasteiger partial charge is 0.407 e. The van der Waals surface area contributed by atoms with Crippen LogP contribution in [0.2, 0.25) is 0 Å². The van der Waals surface area contributed by atoms with E-state index < -0.39 is 12.1 Å². The maximum atomic E-state index is 13.3. The molecule has 0 bridgehead atoms. The van der Waals surface area contributed by atoms with Gasteiger partial charge in [-0.2, -0.15) is 0 Å². The molecule has 1 fully saturated rings. The Hall–Kier alpha value is -1.74. The molecule has 0 spiro atoms. The van der Waals surface area contributed by atoms with E-state index in [0.717, 1.165) is 40.2 Å². The summed E-state index contributed by atoms with van der Waals surface area (Å²) >= 11 is 4.98. The summed E-state index contributed by atoms with van der Waals surface area (Å²) in [5.41, 5.74) is 0.896. The predicted octanol–water partition coefficient (Wildman–Crippen LogP) is 3.85. The molecular formula is C19H25BrN4O3S. The van der Waals surface area contributed by atoms with Gasteiger partial charge >= 0.3 is 6.09 Å². The van der Waals surface area contributed by atoms with E-state index >= 15 is 0 Å². The molecular weight excluding hydrogens is 444 g/mol. The van der Waals surface area contributed by atoms with Crippen molar-refractivity contribution in [3.05, 3.63) is 22.7 Å². The van der Waals surface area contributed by atoms with E-state index in [9.17, 15) is 9.59 Å². The van der Waals surface area contributed by atoms with Gasteiger partial charge in [-0.3, -0.25) is 4.79 Å². The molecule has 3 rings (SSSR count). The van der Waals surface area contributed by atoms with Gasteiger partial charge in [0.05, 0.1) is 23.7 Å². The molecule has 2 amide bonds. The lowest BCUT2D eigenvalue weighted by Gasteiger charge is -2.33. The third-order valence-electron chi connectivity index (χ3n) is 5.22. The third kappa shape index (κ3) is 4.46. The Morgan fingerprint density at radius 1 is 1.50 bits per heavy atom. The van der Waals surface area contributed by atoms with Gasteiger partial charge in [-0.05, 0) is 48.9 Å². The fraction of sp³-hybridized carbons (Fsp3) is 0.526. The van der Waals surface area contributed by atoms with Crippen molar-refractivity contribution < 1.29 is 14.3 Å². The van der Waals surface area contributed by atoms with Crippen LogP contribution in [0.5, 0.6) is 0 Å². The maximum Gasteiger partial charge on any atom is 0.407 e. The monoisotopic (exact) mass is 468 g/mol. The Morgan fingerprint density at radius 3 is 3.00 bits per heavy atom. The molecule has 1 aromatic carbocycles. The van der Waals surface area contributed by atoms with Gasteiger partial charge in [-0.15, -0.1) is 0 Å². The SMILES string of the molecule is CCC(C)[C@H](NC(=O)OC)C(=O)N1CCC[C@H]1C1=Nc2ccc(Br)cc2SN1. The second kappa shape index (κ2) is 9.17. The first-order valence-corrected chi connectivity index (χ1v) is 11.0. The molecule has 0 aromatic heterocycles. The van der Waals surface area contributed by atoms with Crippen molar-refractivity contribution in [3.63, 3.8) is 0 Å². The minimum absolute atomic E-state index is 0.00144. The molecule has 0 saturated carbocycles. The van der Waals surface area contributed by atoms with Gasteiger partial charge in [0.1, 0.15) is 11.9 Å². The Bertz CT molecular complexity index is 788. The van der Waals surface area contributed by atoms with E-state index in [2.05, 4.69) is 26.0 Å². The first-order chi connectivity index (χ1) is 13.4. The van der Waals surface area contributed by atoms with Crippen molar-refractivity contribution in [1.29, 1.82) is 0 Å². The number of nitrogens with zero attached hydrogens (tertiary/aromatic N) is 2. The van der Waals surface area contributed by atoms with Crippen LogP contribution in [-0.2, 0) is 9.53 Å². The predicted molar refractivity (Wildman–Crippen MR) is 114 cm³/mol. The number of benzene rings is 1. The van der Waals surface area contributed by atoms with Crippen molar-refractivity contribution in [3.8, 4) is 0 Å². The summed E-state index contributed by atoms with van der Waals surface area (Å²) in [4.78, 5) is 32.7. The highest BCUT2D eigenvalue weighted by molar-refractivity contribution is 9.10. The molecule has 2 aliphatic rings. The Labute approximate surface area is 177 Å². The number of likely N-dealkylation sites (tertiary alicyclic amines) is 1. The lowest BCUT2D eigenvalue weighted by Crippen LogP contribution is -2.55. The average molecular weight is 469 g/mol. The van der Waals surface area contributed by atoms with Crippen LogP contribution in [0.3, 0.4) is 0 Å². The summed E-state index contributed by atoms with van der Waals surface area (Å²) in [6.07, 6.45) is 1.93. The van der Waals surface area contributed by atoms with Crippen molar-refractivity contribution >= 4 is 51.4 Å². The zero-order valence-electron chi connectivity index (χ0n) is 16.2. The van der Waals surface area contributed by atoms with Crippen molar-refractivity contribution in [1.82, 2.24) is 14.9 Å². The normalized spacial score (nSPS) is 20.5. The van der Waals surface area contributed by atoms with Gasteiger partial charge in [0.15, 0.2) is 0 Å². The molecule has 2 heterocycles. The molecule has 0 radical (unpaired) electrons. The number of aliphatic imine (C=N–C) groups is 1. The number of hydrogen-bond donors (Lipinski definition) is 2. The van der Waals surface area contributed by atoms with Crippen LogP contribution in [0.25, 0.3) is 0 Å². The second-order valence-corrected chi connectivity index (χ2v) is 8.77. The van der Waals surface area contributed by atoms with Crippen LogP contribution >= 0.6 is 27.9 Å². The average Bonchev–Trinajstić information content (AvgIpc) is 3.20. The van der Waals surface area contributed by atoms with Crippen LogP contribution in [0.4, 0.5) is 10.5 Å². The summed E-state index contributed by atoms with van der Waals surface area (Å²) in [5, 5.41) is 2.72. The minimum Gasteiger partial charge on any atom is -0.453 e. The topological polar surface area (TPSA) is 83.0 Å². The summed E-state index contributed by atoms with van der Waals surface area (Å²) in [7, 11) is 1.31. The number of ether oxygens (including phenoxy) is 1. The number of carbonyl (C=O) groups is 2. The highest BCUT2D eigenvalue weighted by atomic mass is 79.9. The Kier molecular flexibility index (Phi) is 6.87. The Balaban J connectivity index is 1.82. The molecule has 1 saturated heterocycles. The van der Waals surface area contributed by atoms with E-state index in [1.807, 2.05) is 36.9 Å². The quantitative estimate of drug-likeness (QED) is 0.641. The van der Waals surface area contributed by atoms with E-state index in [0.29, 0.717) is 6.54 Å². The van der Waals surface area contributed by atoms with E-state index in [1.165, 1.54) is 19.1 Å². The van der Waals surface area contributed by atoms with Crippen LogP contribution in [0.15, 0.2) is 32.6 Å². The number of amides is 2. The van der Waals surface area contributed by atoms with Crippen LogP contribution in [0.1, 0.15) is 33.1 Å². The van der Waals surface area contributed by atoms with E-state index in [1.54, 1.807) is 0 Å². The Morgan fingerprint density at radius 2 is 2.29 bits per heavy atom. The minimum atomic E-state index is -0.613. The van der Waals surface area contributed by atoms with Gasteiger partial charge < -0.3 is 19.7 Å². The first-order valence-electron chi connectivity index (χ1n) is 9.40. The summed E-state index contributed by atoms with van der Waals surface area (Å²) in [6, 6.07) is 5.21. The third-order valence-corrected chi connectivity index (χ3v) is 6.57. The van der Waals surface area contributed by atoms with Gasteiger partial charge in [-0.25, -0.2) is 9.79 Å². The molecule has 3 atom stereocenters. The number of hydrogen-bond acceptors (Lipinski definition) is 6. The van der Waals surface area contributed by atoms with E-state index in [4.69, 9.17) is 9.73 Å². The van der Waals surface area contributed by atoms with Crippen LogP contribution in [0, 0.1) is 5.92 Å². The fourth-order valence-corrected chi connectivity index (χ4v) is 4.74. The fourth-order valence-electron chi connectivity index (χ4n) is 3.43. The molecule has 28 heavy (non-hydrogen) atoms. The van der Waals surface area contributed by atoms with Crippen LogP contribution < -0.4 is 10.0 Å². The van der Waals surface area contributed by atoms with Crippen LogP contribution in [-0.4, -0.2) is 48.5 Å². The molecule has 1 unspecified atom stereocenters. The zero-order valence-corrected chi connectivity index (χ0v) is 18.6. The number of nitrogens with one attached hydrogen (secondary N) is 2. The van der Waals surface area contributed by atoms with Gasteiger partial charge in [-0.1, -0.05) is 36.2 Å². The summed E-state index contributed by atoms with van der Waals surface area (Å²) < 4.78 is 9.02. The van der Waals surface area contributed by atoms with Crippen molar-refractivity contribution in [2.75, 3.05) is 13.7 Å². The molecule has 152 valence electrons. The standard InChI is InChI=1S/C19H25BrN4O3S/c1-4-11(2)16(22-19(26)27-3)18(25)24-9-5-6-14(24)17-21-13-8-7-12(20)10-15(13)28-23-17/h7-8,10-11,14,16H,4-6,9H2,1-3H3,(H,21,23)(H,22,26)/t11?,14-,16-/m0/s1. The van der Waals surface area contributed by atoms with Gasteiger partial charge in [0.2, 0.25) is 5.91 Å². The number of carbonyl (C=O) groups excluding carboxylic acids is 2. The molecule has 7 nitrogen and oxygen atoms in total. The number of halogens is 1. The largest absolute Gasteiger partial charge is 0.453 e. The van der Waals surface area contributed by atoms with Gasteiger partial charge in [0, 0.05) is 11.0 Å². The number of alkyl carbamates (subject to hydrolysis) is 1. The van der Waals surface area contributed by atoms with Gasteiger partial charge in [0.25, 0.3) is 0 Å². The first kappa shape index (κ1) is 21.0. The molecule has 9 heteroatoms. The highest BCUT2D eigenvalue weighted by Crippen LogP contribution is 2.35. The number of methoxy groups -OCH3 is 1. The van der Waals surface area contributed by atoms with Crippen molar-refractivity contribution in [2.24, 2.45) is 10.9 Å². The summed E-state index contributed by atoms with van der Waals surface area (Å²) in [5.74, 6) is 0.701. The highest BCUT2D eigenvalue weighted by Gasteiger charge is 2.39. The van der Waals surface area contributed by atoms with E-state index in [-0.39, 0.29) is 17.9 Å². The second-order valence-electron chi connectivity index (χ2n) is 7.00. The zero-order chi connectivity index (χ0) is 20.3.